The summed E-state index contributed by atoms with van der Waals surface area (Å²) >= 11 is 0. The summed E-state index contributed by atoms with van der Waals surface area (Å²) < 4.78 is 155. The Kier molecular flexibility index (Phi) is 30.3. The Labute approximate surface area is 818 Å². The molecule has 9 saturated heterocycles. The third-order valence-corrected chi connectivity index (χ3v) is 37.2. The third-order valence-electron chi connectivity index (χ3n) is 37.2. The number of benzene rings is 4. The summed E-state index contributed by atoms with van der Waals surface area (Å²) in [6.45, 7) is 44.8. The van der Waals surface area contributed by atoms with Gasteiger partial charge in [0, 0.05) is 48.3 Å². The molecule has 13 fully saturated rings. The molecule has 0 bridgehead atoms. The van der Waals surface area contributed by atoms with Gasteiger partial charge < -0.3 is 115 Å². The number of fused-ring (bicyclic) bond motifs is 9. The Bertz CT molecular complexity index is 4800. The van der Waals surface area contributed by atoms with Crippen LogP contribution in [0, 0.1) is 104 Å². The molecule has 4 aromatic carbocycles. The van der Waals surface area contributed by atoms with Gasteiger partial charge >= 0.3 is 5.97 Å². The van der Waals surface area contributed by atoms with Gasteiger partial charge in [0.2, 0.25) is 12.1 Å². The van der Waals surface area contributed by atoms with Crippen molar-refractivity contribution in [3.8, 4) is 0 Å². The maximum atomic E-state index is 17.1. The highest BCUT2D eigenvalue weighted by Crippen LogP contribution is 2.77. The van der Waals surface area contributed by atoms with E-state index >= 15 is 4.79 Å². The minimum atomic E-state index is -1.49. The number of hydrogen-bond acceptors (Lipinski definition) is 26. The second kappa shape index (κ2) is 40.8. The van der Waals surface area contributed by atoms with E-state index in [0.29, 0.717) is 63.3 Å². The summed E-state index contributed by atoms with van der Waals surface area (Å²) in [5, 5.41) is 0. The van der Waals surface area contributed by atoms with Crippen LogP contribution in [0.25, 0.3) is 0 Å². The van der Waals surface area contributed by atoms with Gasteiger partial charge in [-0.05, 0) is 172 Å². The molecule has 762 valence electrons. The van der Waals surface area contributed by atoms with Crippen molar-refractivity contribution in [1.29, 1.82) is 0 Å². The molecule has 41 atom stereocenters. The first-order valence-electron chi connectivity index (χ1n) is 52.1. The molecule has 4 aromatic rings. The molecular weight excluding hydrogens is 1760 g/mol. The molecule has 0 spiro atoms. The molecule has 9 heterocycles. The monoisotopic (exact) mass is 1920 g/mol. The largest absolute Gasteiger partial charge is 0.432 e. The molecule has 0 amide bonds. The van der Waals surface area contributed by atoms with Crippen molar-refractivity contribution in [3.63, 3.8) is 0 Å². The van der Waals surface area contributed by atoms with Crippen molar-refractivity contribution in [2.75, 3.05) is 46.8 Å². The first-order valence-corrected chi connectivity index (χ1v) is 52.1. The number of methoxy groups -OCH3 is 1. The van der Waals surface area contributed by atoms with Crippen molar-refractivity contribution in [2.24, 2.45) is 109 Å². The van der Waals surface area contributed by atoms with Gasteiger partial charge in [-0.2, -0.15) is 0 Å². The van der Waals surface area contributed by atoms with E-state index in [1.54, 1.807) is 14.0 Å². The smallest absolute Gasteiger partial charge is 0.317 e. The molecule has 0 radical (unpaired) electrons. The van der Waals surface area contributed by atoms with Gasteiger partial charge in [0.1, 0.15) is 67.1 Å². The second-order valence-corrected chi connectivity index (χ2v) is 46.4. The lowest BCUT2D eigenvalue weighted by Gasteiger charge is -2.71. The number of allylic oxidation sites excluding steroid dienone is 2. The van der Waals surface area contributed by atoms with Crippen molar-refractivity contribution < 1.29 is 119 Å². The fourth-order valence-corrected chi connectivity index (χ4v) is 27.9. The number of ether oxygens (including phenoxy) is 22. The lowest BCUT2D eigenvalue weighted by Crippen LogP contribution is -2.69. The van der Waals surface area contributed by atoms with Gasteiger partial charge in [0.25, 0.3) is 0 Å². The summed E-state index contributed by atoms with van der Waals surface area (Å²) in [7, 11) is 1.76. The zero-order valence-corrected chi connectivity index (χ0v) is 85.6. The molecule has 2 N–H and O–H groups in total. The minimum absolute atomic E-state index is 0.00127. The highest BCUT2D eigenvalue weighted by molar-refractivity contribution is 5.81. The maximum absolute atomic E-state index is 17.1. The van der Waals surface area contributed by atoms with E-state index in [2.05, 4.69) is 96.1 Å². The van der Waals surface area contributed by atoms with Gasteiger partial charge in [-0.3, -0.25) is 9.59 Å². The predicted octanol–water partition coefficient (Wildman–Crippen LogP) is 17.9. The van der Waals surface area contributed by atoms with Crippen molar-refractivity contribution in [2.45, 2.75) is 375 Å². The van der Waals surface area contributed by atoms with Crippen molar-refractivity contribution in [3.05, 3.63) is 155 Å². The van der Waals surface area contributed by atoms with Gasteiger partial charge in [0.05, 0.1) is 94.9 Å². The maximum Gasteiger partial charge on any atom is 0.317 e. The van der Waals surface area contributed by atoms with Crippen LogP contribution in [0.1, 0.15) is 231 Å². The summed E-state index contributed by atoms with van der Waals surface area (Å²) in [6.07, 6.45) is -6.25. The van der Waals surface area contributed by atoms with Crippen LogP contribution >= 0.6 is 0 Å². The van der Waals surface area contributed by atoms with E-state index in [9.17, 15) is 9.59 Å². The lowest BCUT2D eigenvalue weighted by molar-refractivity contribution is -0.374. The van der Waals surface area contributed by atoms with Gasteiger partial charge in [-0.1, -0.05) is 244 Å². The van der Waals surface area contributed by atoms with Crippen molar-refractivity contribution in [1.82, 2.24) is 0 Å². The normalized spacial score (nSPS) is 46.3. The highest BCUT2D eigenvalue weighted by atomic mass is 16.9. The van der Waals surface area contributed by atoms with Crippen LogP contribution in [0.15, 0.2) is 133 Å². The number of nitrogens with two attached hydrogens (primary N) is 1. The number of aldehydes is 1. The number of carbonyl (C=O) groups is 3. The lowest BCUT2D eigenvalue weighted by atomic mass is 9.33. The van der Waals surface area contributed by atoms with Crippen LogP contribution in [0.5, 0.6) is 0 Å². The van der Waals surface area contributed by atoms with E-state index in [0.717, 1.165) is 60.8 Å². The number of carbonyl (C=O) groups excluding carboxylic acids is 3. The molecule has 5 aliphatic carbocycles. The summed E-state index contributed by atoms with van der Waals surface area (Å²) in [5.74, 6) is -3.86. The van der Waals surface area contributed by atoms with Gasteiger partial charge in [-0.15, -0.1) is 0 Å². The molecule has 26 heteroatoms. The molecule has 18 unspecified atom stereocenters. The summed E-state index contributed by atoms with van der Waals surface area (Å²) in [6, 6.07) is 39.1. The van der Waals surface area contributed by atoms with E-state index in [1.165, 1.54) is 11.9 Å². The number of esters is 1. The van der Waals surface area contributed by atoms with E-state index in [4.69, 9.17) is 110 Å². The predicted molar refractivity (Wildman–Crippen MR) is 511 cm³/mol. The van der Waals surface area contributed by atoms with Crippen LogP contribution in [-0.2, 0) is 138 Å². The number of rotatable bonds is 30. The zero-order valence-electron chi connectivity index (χ0n) is 85.6. The zero-order chi connectivity index (χ0) is 97.7. The van der Waals surface area contributed by atoms with E-state index in [1.807, 2.05) is 163 Å². The Balaban J connectivity index is 0.616. The van der Waals surface area contributed by atoms with Crippen LogP contribution in [0.2, 0.25) is 0 Å². The average Bonchev–Trinajstić information content (AvgIpc) is 0.889. The first kappa shape index (κ1) is 103. The quantitative estimate of drug-likeness (QED) is 0.0220. The Morgan fingerprint density at radius 1 is 0.529 bits per heavy atom. The molecule has 4 saturated carbocycles. The van der Waals surface area contributed by atoms with E-state index in [-0.39, 0.29) is 103 Å². The fourth-order valence-electron chi connectivity index (χ4n) is 27.9. The number of Topliss-reactive ketones (excluding diaryl/α,β-unsaturated/α-hetero) is 1. The van der Waals surface area contributed by atoms with Crippen LogP contribution in [0.4, 0.5) is 0 Å². The standard InChI is InChI=1S/C112H159NO25/c1-22-80-66(5)65(4)68(7)98(125-80)132-94-90(129-96-67(6)64(3)63(2)53-122-96)70(9)88(72(11)115)128-101(94)127-85-46-47-106(17)83(107(85,18)59-114)45-48-108(19)84(106)44-43-78-79-51-104(13,14)49-50-111(79,86(117-21)52-109(78,108)20)103(116)133-100-91(69(8)87(113)81(126-100)57-118-54-74-35-27-23-28-36-74)130-102-95-93(134-105(15,16)135-95)92(73(12)124-102)131-97-71(10)89(82(58-123-97)121-56-76-39-31-25-32-40-76)136-112-62-120-61-110(112,60-119-55-75-37-29-24-30-38-75)137-99(138-112)77-41-33-26-34-42-77/h23-43,59,63-71,73,79-102H,22,44-58,60-62,113H2,1-21H3/t63-,64+,65+,66-,67?,68?,69?,70-,71?,73?,79?,80?,81?,82-,83-,84?,85+,86?,87-,88?,89?,90+,91?,92+,93?,94?,95?,96+,97+,98+,99-,100+,101-,102+,106?,107-,108+,109-,110+,111-,112?/m1/s1. The third kappa shape index (κ3) is 18.9. The van der Waals surface area contributed by atoms with Crippen molar-refractivity contribution >= 4 is 18.0 Å². The number of ketones is 1. The summed E-state index contributed by atoms with van der Waals surface area (Å²) in [4.78, 5) is 46.0. The highest BCUT2D eigenvalue weighted by Gasteiger charge is 2.75. The molecule has 9 aliphatic heterocycles. The van der Waals surface area contributed by atoms with Crippen LogP contribution in [0.3, 0.4) is 0 Å². The first-order chi connectivity index (χ1) is 65.9. The fraction of sp³-hybridized carbons (Fsp3) is 0.741. The average molecular weight is 1920 g/mol. The Morgan fingerprint density at radius 3 is 1.83 bits per heavy atom. The molecular formula is C112H159NO25. The van der Waals surface area contributed by atoms with Crippen LogP contribution < -0.4 is 5.73 Å². The number of hydrogen-bond donors (Lipinski definition) is 1. The Morgan fingerprint density at radius 2 is 1.15 bits per heavy atom. The SMILES string of the molecule is CCC1O[C@@H](OC2[C@H](O[C@H]3CCC4(C)C5CC=C6C7CC(C)(C)CC[C@]7(C(=O)O[C@@H]7OC(COCc8ccccc8)[C@H](N)C(C)C7O[C@@H]7OC(C)[C@H](O[C@@H]8OC[C@@H](OCc9ccccc9)C(OC9%10COC[C@]9(COCc9ccccc9)O[C@@H](c9ccccc9)O%10)C8C)C8OC(C)(C)OC87)C(OC)C[C@@]6(C)[C@@]5(C)CC[C@H]4[C@@]3(C)C=O)OC(C(C)=O)[C@@H](C)[C@@H]2O[C@@H]2OC[C@@H](C)[C@H](C)C2C)C(C)[C@@H](C)[C@H]1C. The van der Waals surface area contributed by atoms with E-state index < -0.39 is 187 Å². The topological polar surface area (TPSA) is 280 Å². The van der Waals surface area contributed by atoms with Crippen LogP contribution in [-0.4, -0.2) is 211 Å². The summed E-state index contributed by atoms with van der Waals surface area (Å²) in [5.41, 5.74) is 7.67. The van der Waals surface area contributed by atoms with Gasteiger partial charge in [-0.25, -0.2) is 0 Å². The minimum Gasteiger partial charge on any atom is -0.432 e. The molecule has 14 aliphatic rings. The molecule has 26 nitrogen and oxygen atoms in total. The second-order valence-electron chi connectivity index (χ2n) is 46.4. The van der Waals surface area contributed by atoms with Gasteiger partial charge in [0.15, 0.2) is 54.9 Å². The molecule has 138 heavy (non-hydrogen) atoms. The molecule has 0 aromatic heterocycles. The molecule has 18 rings (SSSR count). The Hall–Kier alpha value is -5.45.